The van der Waals surface area contributed by atoms with Crippen molar-refractivity contribution in [2.24, 2.45) is 0 Å². The van der Waals surface area contributed by atoms with E-state index in [0.29, 0.717) is 12.0 Å². The van der Waals surface area contributed by atoms with E-state index < -0.39 is 12.0 Å². The predicted octanol–water partition coefficient (Wildman–Crippen LogP) is 1.43. The number of amides is 1. The lowest BCUT2D eigenvalue weighted by atomic mass is 10.1. The SMILES string of the molecule is CCCC(C(=O)N(C)CCC(=O)O)n1cccc(C)c1=O. The fourth-order valence-corrected chi connectivity index (χ4v) is 2.15. The Kier molecular flexibility index (Phi) is 6.14. The number of carboxylic acid groups (broad SMARTS) is 1. The number of hydrogen-bond acceptors (Lipinski definition) is 3. The molecule has 0 saturated carbocycles. The van der Waals surface area contributed by atoms with E-state index >= 15 is 0 Å². The number of likely N-dealkylation sites (N-methyl/N-ethyl adjacent to an activating group) is 1. The molecular weight excluding hydrogens is 272 g/mol. The average Bonchev–Trinajstić information content (AvgIpc) is 2.44. The van der Waals surface area contributed by atoms with Crippen LogP contribution in [0.5, 0.6) is 0 Å². The van der Waals surface area contributed by atoms with Crippen LogP contribution < -0.4 is 5.56 Å². The van der Waals surface area contributed by atoms with Gasteiger partial charge in [0.2, 0.25) is 5.91 Å². The van der Waals surface area contributed by atoms with Gasteiger partial charge in [-0.15, -0.1) is 0 Å². The highest BCUT2D eigenvalue weighted by Crippen LogP contribution is 2.15. The molecule has 0 aliphatic heterocycles. The molecule has 0 saturated heterocycles. The highest BCUT2D eigenvalue weighted by molar-refractivity contribution is 5.80. The molecule has 0 bridgehead atoms. The van der Waals surface area contributed by atoms with Crippen LogP contribution >= 0.6 is 0 Å². The van der Waals surface area contributed by atoms with Gasteiger partial charge in [-0.1, -0.05) is 19.4 Å². The van der Waals surface area contributed by atoms with Crippen molar-refractivity contribution in [3.8, 4) is 0 Å². The number of nitrogens with zero attached hydrogens (tertiary/aromatic N) is 2. The fraction of sp³-hybridized carbons (Fsp3) is 0.533. The van der Waals surface area contributed by atoms with Crippen LogP contribution in [0.2, 0.25) is 0 Å². The van der Waals surface area contributed by atoms with Crippen LogP contribution in [0.4, 0.5) is 0 Å². The van der Waals surface area contributed by atoms with Crippen molar-refractivity contribution in [1.29, 1.82) is 0 Å². The van der Waals surface area contributed by atoms with E-state index in [0.717, 1.165) is 6.42 Å². The van der Waals surface area contributed by atoms with E-state index in [2.05, 4.69) is 0 Å². The van der Waals surface area contributed by atoms with E-state index in [4.69, 9.17) is 5.11 Å². The van der Waals surface area contributed by atoms with Gasteiger partial charge in [-0.3, -0.25) is 14.4 Å². The summed E-state index contributed by atoms with van der Waals surface area (Å²) >= 11 is 0. The van der Waals surface area contributed by atoms with Crippen molar-refractivity contribution in [2.45, 2.75) is 39.2 Å². The molecule has 1 heterocycles. The van der Waals surface area contributed by atoms with Gasteiger partial charge in [-0.2, -0.15) is 0 Å². The molecule has 0 fully saturated rings. The zero-order chi connectivity index (χ0) is 16.0. The van der Waals surface area contributed by atoms with Gasteiger partial charge in [0.05, 0.1) is 6.42 Å². The van der Waals surface area contributed by atoms with E-state index in [1.165, 1.54) is 9.47 Å². The third kappa shape index (κ3) is 4.44. The summed E-state index contributed by atoms with van der Waals surface area (Å²) in [5, 5.41) is 8.69. The molecular formula is C15H22N2O4. The molecule has 1 aromatic heterocycles. The lowest BCUT2D eigenvalue weighted by Gasteiger charge is -2.25. The van der Waals surface area contributed by atoms with Crippen LogP contribution in [0.1, 0.15) is 37.8 Å². The van der Waals surface area contributed by atoms with Crippen LogP contribution in [0.15, 0.2) is 23.1 Å². The zero-order valence-electron chi connectivity index (χ0n) is 12.7. The second-order valence-corrected chi connectivity index (χ2v) is 5.11. The Morgan fingerprint density at radius 3 is 2.67 bits per heavy atom. The summed E-state index contributed by atoms with van der Waals surface area (Å²) in [7, 11) is 1.56. The number of pyridine rings is 1. The number of aryl methyl sites for hydroxylation is 1. The van der Waals surface area contributed by atoms with E-state index in [1.807, 2.05) is 6.92 Å². The van der Waals surface area contributed by atoms with Gasteiger partial charge in [-0.05, 0) is 19.4 Å². The predicted molar refractivity (Wildman–Crippen MR) is 79.3 cm³/mol. The molecule has 1 atom stereocenters. The number of carbonyl (C=O) groups excluding carboxylic acids is 1. The van der Waals surface area contributed by atoms with E-state index in [1.54, 1.807) is 32.3 Å². The highest BCUT2D eigenvalue weighted by Gasteiger charge is 2.24. The lowest BCUT2D eigenvalue weighted by Crippen LogP contribution is -2.39. The number of aromatic nitrogens is 1. The molecule has 0 aliphatic carbocycles. The third-order valence-electron chi connectivity index (χ3n) is 3.38. The van der Waals surface area contributed by atoms with Gasteiger partial charge in [0.25, 0.3) is 5.56 Å². The summed E-state index contributed by atoms with van der Waals surface area (Å²) in [6.07, 6.45) is 2.80. The standard InChI is InChI=1S/C15H22N2O4/c1-4-6-12(15(21)16(3)10-8-13(18)19)17-9-5-7-11(2)14(17)20/h5,7,9,12H,4,6,8,10H2,1-3H3,(H,18,19). The first-order chi connectivity index (χ1) is 9.88. The molecule has 0 radical (unpaired) electrons. The summed E-state index contributed by atoms with van der Waals surface area (Å²) in [5.41, 5.74) is 0.399. The molecule has 1 amide bonds. The Labute approximate surface area is 124 Å². The quantitative estimate of drug-likeness (QED) is 0.825. The van der Waals surface area contributed by atoms with Gasteiger partial charge < -0.3 is 14.6 Å². The number of aliphatic carboxylic acids is 1. The molecule has 6 nitrogen and oxygen atoms in total. The maximum atomic E-state index is 12.5. The maximum Gasteiger partial charge on any atom is 0.305 e. The van der Waals surface area contributed by atoms with Gasteiger partial charge in [0.1, 0.15) is 6.04 Å². The van der Waals surface area contributed by atoms with Crippen molar-refractivity contribution >= 4 is 11.9 Å². The normalized spacial score (nSPS) is 12.0. The Balaban J connectivity index is 3.00. The zero-order valence-corrected chi connectivity index (χ0v) is 12.7. The molecule has 0 spiro atoms. The largest absolute Gasteiger partial charge is 0.481 e. The molecule has 116 valence electrons. The second-order valence-electron chi connectivity index (χ2n) is 5.11. The molecule has 1 aromatic rings. The van der Waals surface area contributed by atoms with Crippen LogP contribution in [-0.4, -0.2) is 40.0 Å². The molecule has 1 unspecified atom stereocenters. The number of rotatable bonds is 7. The molecule has 6 heteroatoms. The number of hydrogen-bond donors (Lipinski definition) is 1. The van der Waals surface area contributed by atoms with E-state index in [9.17, 15) is 14.4 Å². The van der Waals surface area contributed by atoms with Crippen LogP contribution in [0, 0.1) is 6.92 Å². The first kappa shape index (κ1) is 16.9. The van der Waals surface area contributed by atoms with E-state index in [-0.39, 0.29) is 24.4 Å². The van der Waals surface area contributed by atoms with Crippen molar-refractivity contribution < 1.29 is 14.7 Å². The molecule has 21 heavy (non-hydrogen) atoms. The monoisotopic (exact) mass is 294 g/mol. The Bertz CT molecular complexity index is 565. The first-order valence-electron chi connectivity index (χ1n) is 7.03. The molecule has 1 N–H and O–H groups in total. The average molecular weight is 294 g/mol. The van der Waals surface area contributed by atoms with Crippen molar-refractivity contribution in [3.05, 3.63) is 34.2 Å². The lowest BCUT2D eigenvalue weighted by molar-refractivity contribution is -0.139. The van der Waals surface area contributed by atoms with Gasteiger partial charge in [0.15, 0.2) is 0 Å². The number of carboxylic acids is 1. The Morgan fingerprint density at radius 1 is 1.43 bits per heavy atom. The van der Waals surface area contributed by atoms with Gasteiger partial charge in [0, 0.05) is 25.4 Å². The summed E-state index contributed by atoms with van der Waals surface area (Å²) < 4.78 is 1.44. The smallest absolute Gasteiger partial charge is 0.305 e. The minimum absolute atomic E-state index is 0.107. The molecule has 1 rings (SSSR count). The second kappa shape index (κ2) is 7.61. The minimum atomic E-state index is -0.950. The van der Waals surface area contributed by atoms with Gasteiger partial charge in [-0.25, -0.2) is 0 Å². The third-order valence-corrected chi connectivity index (χ3v) is 3.38. The van der Waals surface area contributed by atoms with Crippen LogP contribution in [-0.2, 0) is 9.59 Å². The van der Waals surface area contributed by atoms with Crippen molar-refractivity contribution in [1.82, 2.24) is 9.47 Å². The van der Waals surface area contributed by atoms with Crippen LogP contribution in [0.25, 0.3) is 0 Å². The summed E-state index contributed by atoms with van der Waals surface area (Å²) in [6.45, 7) is 3.79. The summed E-state index contributed by atoms with van der Waals surface area (Å²) in [4.78, 5) is 36.6. The topological polar surface area (TPSA) is 79.6 Å². The highest BCUT2D eigenvalue weighted by atomic mass is 16.4. The Hall–Kier alpha value is -2.11. The fourth-order valence-electron chi connectivity index (χ4n) is 2.15. The summed E-state index contributed by atoms with van der Waals surface area (Å²) in [6, 6.07) is 2.87. The summed E-state index contributed by atoms with van der Waals surface area (Å²) in [5.74, 6) is -1.18. The Morgan fingerprint density at radius 2 is 2.10 bits per heavy atom. The minimum Gasteiger partial charge on any atom is -0.481 e. The van der Waals surface area contributed by atoms with Crippen LogP contribution in [0.3, 0.4) is 0 Å². The maximum absolute atomic E-state index is 12.5. The number of carbonyl (C=O) groups is 2. The van der Waals surface area contributed by atoms with Crippen molar-refractivity contribution in [2.75, 3.05) is 13.6 Å². The molecule has 0 aliphatic rings. The molecule has 0 aromatic carbocycles. The van der Waals surface area contributed by atoms with Gasteiger partial charge >= 0.3 is 5.97 Å². The first-order valence-corrected chi connectivity index (χ1v) is 7.03. The van der Waals surface area contributed by atoms with Crippen molar-refractivity contribution in [3.63, 3.8) is 0 Å².